The summed E-state index contributed by atoms with van der Waals surface area (Å²) in [6, 6.07) is 5.79. The normalized spacial score (nSPS) is 11.2. The fourth-order valence-electron chi connectivity index (χ4n) is 2.10. The van der Waals surface area contributed by atoms with Gasteiger partial charge in [-0.25, -0.2) is 0 Å². The van der Waals surface area contributed by atoms with Gasteiger partial charge in [-0.15, -0.1) is 0 Å². The number of rotatable bonds is 6. The molecule has 0 N–H and O–H groups in total. The van der Waals surface area contributed by atoms with Crippen molar-refractivity contribution in [2.75, 3.05) is 26.2 Å². The summed E-state index contributed by atoms with van der Waals surface area (Å²) in [4.78, 5) is 6.74. The van der Waals surface area contributed by atoms with Gasteiger partial charge in [-0.1, -0.05) is 25.4 Å². The van der Waals surface area contributed by atoms with Crippen molar-refractivity contribution < 1.29 is 4.74 Å². The van der Waals surface area contributed by atoms with Gasteiger partial charge in [0.1, 0.15) is 12.1 Å². The van der Waals surface area contributed by atoms with Crippen LogP contribution in [0.5, 0.6) is 5.75 Å². The van der Waals surface area contributed by atoms with Crippen LogP contribution in [0.1, 0.15) is 13.8 Å². The van der Waals surface area contributed by atoms with Crippen molar-refractivity contribution in [3.8, 4) is 5.75 Å². The van der Waals surface area contributed by atoms with Crippen LogP contribution in [0.4, 0.5) is 0 Å². The van der Waals surface area contributed by atoms with Gasteiger partial charge in [0.25, 0.3) is 0 Å². The Kier molecular flexibility index (Phi) is 5.86. The SMILES string of the molecule is CCN(CC)CCOc1c(I)cc(Cl)c2cccnc12. The highest BCUT2D eigenvalue weighted by Gasteiger charge is 2.12. The third-order valence-corrected chi connectivity index (χ3v) is 4.41. The average molecular weight is 405 g/mol. The molecular formula is C15H18ClIN2O. The number of benzene rings is 1. The first-order chi connectivity index (χ1) is 9.67. The smallest absolute Gasteiger partial charge is 0.158 e. The first-order valence-electron chi connectivity index (χ1n) is 6.75. The molecule has 0 bridgehead atoms. The minimum absolute atomic E-state index is 0.658. The van der Waals surface area contributed by atoms with Gasteiger partial charge in [0.2, 0.25) is 0 Å². The predicted molar refractivity (Wildman–Crippen MR) is 92.8 cm³/mol. The topological polar surface area (TPSA) is 25.4 Å². The van der Waals surface area contributed by atoms with Crippen molar-refractivity contribution in [1.29, 1.82) is 0 Å². The van der Waals surface area contributed by atoms with Crippen LogP contribution in [-0.4, -0.2) is 36.1 Å². The van der Waals surface area contributed by atoms with Gasteiger partial charge in [0.05, 0.1) is 8.59 Å². The van der Waals surface area contributed by atoms with Gasteiger partial charge in [0, 0.05) is 18.1 Å². The molecule has 0 radical (unpaired) electrons. The number of hydrogen-bond acceptors (Lipinski definition) is 3. The lowest BCUT2D eigenvalue weighted by Crippen LogP contribution is -2.28. The van der Waals surface area contributed by atoms with E-state index in [1.165, 1.54) is 0 Å². The minimum atomic E-state index is 0.658. The zero-order valence-corrected chi connectivity index (χ0v) is 14.6. The molecule has 0 spiro atoms. The lowest BCUT2D eigenvalue weighted by molar-refractivity contribution is 0.223. The van der Waals surface area contributed by atoms with Crippen LogP contribution in [0.2, 0.25) is 5.02 Å². The van der Waals surface area contributed by atoms with E-state index in [4.69, 9.17) is 16.3 Å². The number of nitrogens with zero attached hydrogens (tertiary/aromatic N) is 2. The highest BCUT2D eigenvalue weighted by atomic mass is 127. The number of fused-ring (bicyclic) bond motifs is 1. The van der Waals surface area contributed by atoms with Crippen LogP contribution in [0, 0.1) is 3.57 Å². The summed E-state index contributed by atoms with van der Waals surface area (Å²) in [6.45, 7) is 7.97. The largest absolute Gasteiger partial charge is 0.489 e. The molecule has 1 aromatic carbocycles. The summed E-state index contributed by atoms with van der Waals surface area (Å²) in [5, 5.41) is 1.65. The summed E-state index contributed by atoms with van der Waals surface area (Å²) < 4.78 is 6.97. The Bertz CT molecular complexity index is 587. The van der Waals surface area contributed by atoms with Gasteiger partial charge in [0.15, 0.2) is 5.75 Å². The molecule has 0 aliphatic carbocycles. The molecule has 0 aliphatic rings. The minimum Gasteiger partial charge on any atom is -0.489 e. The molecule has 0 aliphatic heterocycles. The lowest BCUT2D eigenvalue weighted by atomic mass is 10.2. The molecule has 3 nitrogen and oxygen atoms in total. The summed E-state index contributed by atoms with van der Waals surface area (Å²) in [7, 11) is 0. The standard InChI is InChI=1S/C15H18ClIN2O/c1-3-19(4-2)8-9-20-15-13(17)10-12(16)11-6-5-7-18-14(11)15/h5-7,10H,3-4,8-9H2,1-2H3. The molecule has 0 saturated carbocycles. The Morgan fingerprint density at radius 2 is 2.10 bits per heavy atom. The molecule has 1 heterocycles. The van der Waals surface area contributed by atoms with E-state index in [1.54, 1.807) is 6.20 Å². The molecule has 108 valence electrons. The van der Waals surface area contributed by atoms with Gasteiger partial charge in [-0.3, -0.25) is 4.98 Å². The summed E-state index contributed by atoms with van der Waals surface area (Å²) in [5.41, 5.74) is 0.837. The molecular weight excluding hydrogens is 387 g/mol. The second-order valence-corrected chi connectivity index (χ2v) is 6.01. The number of likely N-dealkylation sites (N-methyl/N-ethyl adjacent to an activating group) is 1. The molecule has 1 aromatic heterocycles. The van der Waals surface area contributed by atoms with E-state index in [2.05, 4.69) is 46.3 Å². The number of aromatic nitrogens is 1. The van der Waals surface area contributed by atoms with Gasteiger partial charge in [-0.2, -0.15) is 0 Å². The third kappa shape index (κ3) is 3.54. The molecule has 0 unspecified atom stereocenters. The molecule has 2 aromatic rings. The summed E-state index contributed by atoms with van der Waals surface area (Å²) in [5.74, 6) is 0.831. The Labute approximate surface area is 138 Å². The van der Waals surface area contributed by atoms with E-state index in [0.717, 1.165) is 39.9 Å². The van der Waals surface area contributed by atoms with Crippen LogP contribution in [-0.2, 0) is 0 Å². The average Bonchev–Trinajstić information content (AvgIpc) is 2.46. The van der Waals surface area contributed by atoms with E-state index >= 15 is 0 Å². The molecule has 5 heteroatoms. The van der Waals surface area contributed by atoms with E-state index in [0.29, 0.717) is 11.6 Å². The molecule has 0 atom stereocenters. The van der Waals surface area contributed by atoms with Crippen molar-refractivity contribution in [2.24, 2.45) is 0 Å². The Morgan fingerprint density at radius 3 is 2.80 bits per heavy atom. The van der Waals surface area contributed by atoms with E-state index in [1.807, 2.05) is 18.2 Å². The van der Waals surface area contributed by atoms with Gasteiger partial charge < -0.3 is 9.64 Å². The summed E-state index contributed by atoms with van der Waals surface area (Å²) >= 11 is 8.50. The fraction of sp³-hybridized carbons (Fsp3) is 0.400. The first-order valence-corrected chi connectivity index (χ1v) is 8.20. The molecule has 0 amide bonds. The number of halogens is 2. The van der Waals surface area contributed by atoms with Gasteiger partial charge >= 0.3 is 0 Å². The van der Waals surface area contributed by atoms with Crippen molar-refractivity contribution in [3.63, 3.8) is 0 Å². The first kappa shape index (κ1) is 15.8. The highest BCUT2D eigenvalue weighted by Crippen LogP contribution is 2.34. The van der Waals surface area contributed by atoms with Crippen LogP contribution in [0.25, 0.3) is 10.9 Å². The van der Waals surface area contributed by atoms with Crippen molar-refractivity contribution in [2.45, 2.75) is 13.8 Å². The number of hydrogen-bond donors (Lipinski definition) is 0. The second kappa shape index (κ2) is 7.43. The van der Waals surface area contributed by atoms with E-state index in [-0.39, 0.29) is 0 Å². The van der Waals surface area contributed by atoms with E-state index < -0.39 is 0 Å². The third-order valence-electron chi connectivity index (χ3n) is 3.30. The molecule has 0 fully saturated rings. The number of ether oxygens (including phenoxy) is 1. The maximum absolute atomic E-state index is 6.26. The lowest BCUT2D eigenvalue weighted by Gasteiger charge is -2.19. The van der Waals surface area contributed by atoms with Crippen molar-refractivity contribution >= 4 is 45.1 Å². The Morgan fingerprint density at radius 1 is 1.35 bits per heavy atom. The van der Waals surface area contributed by atoms with Crippen LogP contribution < -0.4 is 4.74 Å². The van der Waals surface area contributed by atoms with E-state index in [9.17, 15) is 0 Å². The van der Waals surface area contributed by atoms with Crippen molar-refractivity contribution in [3.05, 3.63) is 33.0 Å². The van der Waals surface area contributed by atoms with Crippen LogP contribution >= 0.6 is 34.2 Å². The maximum atomic E-state index is 6.26. The second-order valence-electron chi connectivity index (χ2n) is 4.44. The monoisotopic (exact) mass is 404 g/mol. The summed E-state index contributed by atoms with van der Waals surface area (Å²) in [6.07, 6.45) is 1.77. The maximum Gasteiger partial charge on any atom is 0.158 e. The van der Waals surface area contributed by atoms with Crippen molar-refractivity contribution in [1.82, 2.24) is 9.88 Å². The van der Waals surface area contributed by atoms with Crippen LogP contribution in [0.3, 0.4) is 0 Å². The molecule has 0 saturated heterocycles. The predicted octanol–water partition coefficient (Wildman–Crippen LogP) is 4.21. The highest BCUT2D eigenvalue weighted by molar-refractivity contribution is 14.1. The van der Waals surface area contributed by atoms with Gasteiger partial charge in [-0.05, 0) is 53.9 Å². The quantitative estimate of drug-likeness (QED) is 0.674. The Hall–Kier alpha value is -0.590. The number of pyridine rings is 1. The zero-order valence-electron chi connectivity index (χ0n) is 11.7. The Balaban J connectivity index is 2.21. The zero-order chi connectivity index (χ0) is 14.5. The molecule has 2 rings (SSSR count). The van der Waals surface area contributed by atoms with Crippen LogP contribution in [0.15, 0.2) is 24.4 Å². The fourth-order valence-corrected chi connectivity index (χ4v) is 3.27. The molecule has 20 heavy (non-hydrogen) atoms.